The van der Waals surface area contributed by atoms with Crippen molar-refractivity contribution in [1.29, 1.82) is 0 Å². The molecule has 0 radical (unpaired) electrons. The van der Waals surface area contributed by atoms with Crippen molar-refractivity contribution in [3.8, 4) is 0 Å². The lowest BCUT2D eigenvalue weighted by molar-refractivity contribution is 0.0650. The summed E-state index contributed by atoms with van der Waals surface area (Å²) in [6.07, 6.45) is 4.25. The molecule has 122 valence electrons. The van der Waals surface area contributed by atoms with E-state index in [1.54, 1.807) is 8.61 Å². The molecule has 0 amide bonds. The fourth-order valence-electron chi connectivity index (χ4n) is 4.04. The maximum atomic E-state index is 12.9. The van der Waals surface area contributed by atoms with Crippen LogP contribution in [0.25, 0.3) is 0 Å². The molecular weight excluding hydrogens is 288 g/mol. The van der Waals surface area contributed by atoms with Crippen molar-refractivity contribution in [1.82, 2.24) is 18.8 Å². The first kappa shape index (κ1) is 15.7. The van der Waals surface area contributed by atoms with Crippen molar-refractivity contribution in [3.05, 3.63) is 0 Å². The average molecular weight is 316 g/mol. The van der Waals surface area contributed by atoms with Crippen molar-refractivity contribution < 1.29 is 8.42 Å². The maximum Gasteiger partial charge on any atom is 0.282 e. The minimum atomic E-state index is -3.27. The van der Waals surface area contributed by atoms with E-state index in [1.165, 1.54) is 12.8 Å². The lowest BCUT2D eigenvalue weighted by atomic mass is 9.85. The Hall–Kier alpha value is -0.210. The highest BCUT2D eigenvalue weighted by molar-refractivity contribution is 7.86. The number of piperidine rings is 2. The van der Waals surface area contributed by atoms with E-state index in [0.717, 1.165) is 32.5 Å². The molecule has 0 aromatic carbocycles. The molecule has 1 N–H and O–H groups in total. The zero-order valence-corrected chi connectivity index (χ0v) is 13.8. The van der Waals surface area contributed by atoms with Crippen LogP contribution in [-0.4, -0.2) is 80.8 Å². The van der Waals surface area contributed by atoms with Crippen LogP contribution in [0.2, 0.25) is 0 Å². The van der Waals surface area contributed by atoms with Crippen LogP contribution in [0.15, 0.2) is 0 Å². The van der Waals surface area contributed by atoms with Crippen LogP contribution in [0, 0.1) is 5.92 Å². The van der Waals surface area contributed by atoms with Gasteiger partial charge in [0.25, 0.3) is 10.2 Å². The predicted octanol–water partition coefficient (Wildman–Crippen LogP) is -0.0574. The third kappa shape index (κ3) is 3.27. The highest BCUT2D eigenvalue weighted by Gasteiger charge is 2.40. The van der Waals surface area contributed by atoms with E-state index in [0.29, 0.717) is 38.1 Å². The van der Waals surface area contributed by atoms with E-state index in [4.69, 9.17) is 0 Å². The zero-order valence-electron chi connectivity index (χ0n) is 13.0. The van der Waals surface area contributed by atoms with E-state index in [9.17, 15) is 8.42 Å². The summed E-state index contributed by atoms with van der Waals surface area (Å²) >= 11 is 0. The molecule has 0 saturated carbocycles. The Morgan fingerprint density at radius 3 is 2.67 bits per heavy atom. The molecule has 0 aliphatic carbocycles. The maximum absolute atomic E-state index is 12.9. The average Bonchev–Trinajstić information content (AvgIpc) is 2.77. The normalized spacial score (nSPS) is 34.3. The molecule has 3 saturated heterocycles. The van der Waals surface area contributed by atoms with Crippen LogP contribution in [0.5, 0.6) is 0 Å². The standard InChI is InChI=1S/C14H28N4O2S/c1-16-8-2-4-13-12-18(10-5-14(13)16)21(19,20)17-9-3-6-15-7-11-17/h13-15H,2-12H2,1H3. The third-order valence-electron chi connectivity index (χ3n) is 5.26. The van der Waals surface area contributed by atoms with Crippen LogP contribution in [0.3, 0.4) is 0 Å². The molecule has 21 heavy (non-hydrogen) atoms. The van der Waals surface area contributed by atoms with E-state index in [2.05, 4.69) is 17.3 Å². The van der Waals surface area contributed by atoms with Gasteiger partial charge in [-0.05, 0) is 51.7 Å². The van der Waals surface area contributed by atoms with Crippen LogP contribution < -0.4 is 5.32 Å². The summed E-state index contributed by atoms with van der Waals surface area (Å²) in [7, 11) is -1.09. The second kappa shape index (κ2) is 6.50. The Kier molecular flexibility index (Phi) is 4.85. The topological polar surface area (TPSA) is 55.9 Å². The smallest absolute Gasteiger partial charge is 0.282 e. The summed E-state index contributed by atoms with van der Waals surface area (Å²) in [5.74, 6) is 0.511. The summed E-state index contributed by atoms with van der Waals surface area (Å²) in [4.78, 5) is 2.42. The number of fused-ring (bicyclic) bond motifs is 1. The van der Waals surface area contributed by atoms with Gasteiger partial charge in [-0.15, -0.1) is 0 Å². The molecule has 2 atom stereocenters. The zero-order chi connectivity index (χ0) is 14.9. The van der Waals surface area contributed by atoms with Crippen molar-refractivity contribution in [2.24, 2.45) is 5.92 Å². The second-order valence-electron chi connectivity index (χ2n) is 6.61. The minimum absolute atomic E-state index is 0.511. The monoisotopic (exact) mass is 316 g/mol. The van der Waals surface area contributed by atoms with Gasteiger partial charge in [0.15, 0.2) is 0 Å². The molecular formula is C14H28N4O2S. The van der Waals surface area contributed by atoms with E-state index in [-0.39, 0.29) is 0 Å². The molecule has 0 bridgehead atoms. The Bertz CT molecular complexity index is 448. The van der Waals surface area contributed by atoms with Crippen molar-refractivity contribution >= 4 is 10.2 Å². The second-order valence-corrected chi connectivity index (χ2v) is 8.54. The van der Waals surface area contributed by atoms with Gasteiger partial charge < -0.3 is 10.2 Å². The van der Waals surface area contributed by atoms with Crippen LogP contribution >= 0.6 is 0 Å². The van der Waals surface area contributed by atoms with Gasteiger partial charge in [-0.1, -0.05) is 0 Å². The Morgan fingerprint density at radius 1 is 0.952 bits per heavy atom. The van der Waals surface area contributed by atoms with Crippen molar-refractivity contribution in [2.45, 2.75) is 31.7 Å². The Labute approximate surface area is 128 Å². The number of hydrogen-bond acceptors (Lipinski definition) is 4. The highest BCUT2D eigenvalue weighted by Crippen LogP contribution is 2.31. The van der Waals surface area contributed by atoms with Crippen LogP contribution in [-0.2, 0) is 10.2 Å². The molecule has 3 aliphatic heterocycles. The molecule has 6 nitrogen and oxygen atoms in total. The lowest BCUT2D eigenvalue weighted by Crippen LogP contribution is -2.56. The highest BCUT2D eigenvalue weighted by atomic mass is 32.2. The van der Waals surface area contributed by atoms with Gasteiger partial charge in [-0.25, -0.2) is 0 Å². The lowest BCUT2D eigenvalue weighted by Gasteiger charge is -2.46. The van der Waals surface area contributed by atoms with Crippen LogP contribution in [0.1, 0.15) is 25.7 Å². The van der Waals surface area contributed by atoms with Crippen LogP contribution in [0.4, 0.5) is 0 Å². The molecule has 0 spiro atoms. The molecule has 2 unspecified atom stereocenters. The first-order valence-corrected chi connectivity index (χ1v) is 9.65. The molecule has 0 aromatic heterocycles. The van der Waals surface area contributed by atoms with Gasteiger partial charge in [-0.3, -0.25) is 0 Å². The number of likely N-dealkylation sites (tertiary alicyclic amines) is 1. The first-order valence-electron chi connectivity index (χ1n) is 8.25. The largest absolute Gasteiger partial charge is 0.315 e. The van der Waals surface area contributed by atoms with Gasteiger partial charge >= 0.3 is 0 Å². The van der Waals surface area contributed by atoms with E-state index in [1.807, 2.05) is 0 Å². The molecule has 7 heteroatoms. The van der Waals surface area contributed by atoms with Gasteiger partial charge in [0, 0.05) is 38.8 Å². The summed E-state index contributed by atoms with van der Waals surface area (Å²) < 4.78 is 29.1. The van der Waals surface area contributed by atoms with Gasteiger partial charge in [0.05, 0.1) is 0 Å². The van der Waals surface area contributed by atoms with Crippen molar-refractivity contribution in [2.75, 3.05) is 52.9 Å². The number of rotatable bonds is 2. The predicted molar refractivity (Wildman–Crippen MR) is 83.3 cm³/mol. The molecule has 3 aliphatic rings. The van der Waals surface area contributed by atoms with E-state index < -0.39 is 10.2 Å². The third-order valence-corrected chi connectivity index (χ3v) is 7.26. The summed E-state index contributed by atoms with van der Waals surface area (Å²) in [5, 5.41) is 3.27. The summed E-state index contributed by atoms with van der Waals surface area (Å²) in [6.45, 7) is 5.49. The summed E-state index contributed by atoms with van der Waals surface area (Å²) in [5.41, 5.74) is 0. The van der Waals surface area contributed by atoms with Gasteiger partial charge in [0.1, 0.15) is 0 Å². The number of nitrogens with one attached hydrogen (secondary N) is 1. The number of hydrogen-bond donors (Lipinski definition) is 1. The van der Waals surface area contributed by atoms with Gasteiger partial charge in [0.2, 0.25) is 0 Å². The fourth-order valence-corrected chi connectivity index (χ4v) is 5.77. The minimum Gasteiger partial charge on any atom is -0.315 e. The fraction of sp³-hybridized carbons (Fsp3) is 1.00. The quantitative estimate of drug-likeness (QED) is 0.776. The first-order chi connectivity index (χ1) is 10.1. The summed E-state index contributed by atoms with van der Waals surface area (Å²) in [6, 6.07) is 0.580. The van der Waals surface area contributed by atoms with E-state index >= 15 is 0 Å². The Morgan fingerprint density at radius 2 is 1.81 bits per heavy atom. The van der Waals surface area contributed by atoms with Gasteiger partial charge in [-0.2, -0.15) is 17.0 Å². The van der Waals surface area contributed by atoms with Crippen molar-refractivity contribution in [3.63, 3.8) is 0 Å². The molecule has 3 fully saturated rings. The molecule has 3 heterocycles. The Balaban J connectivity index is 1.68. The molecule has 0 aromatic rings. The number of nitrogens with zero attached hydrogens (tertiary/aromatic N) is 3. The SMILES string of the molecule is CN1CCCC2CN(S(=O)(=O)N3CCCNCC3)CCC21. The molecule has 3 rings (SSSR count).